The second-order valence-electron chi connectivity index (χ2n) is 14.1. The third-order valence-corrected chi connectivity index (χ3v) is 9.80. The summed E-state index contributed by atoms with van der Waals surface area (Å²) in [5, 5.41) is 9.24. The Morgan fingerprint density at radius 1 is 0.935 bits per heavy atom. The number of benzene rings is 2. The number of hydrogen-bond donors (Lipinski definition) is 1. The van der Waals surface area contributed by atoms with Gasteiger partial charge in [0.2, 0.25) is 0 Å². The van der Waals surface area contributed by atoms with Gasteiger partial charge in [0.15, 0.2) is 23.1 Å². The molecule has 8 nitrogen and oxygen atoms in total. The molecule has 1 aliphatic heterocycles. The van der Waals surface area contributed by atoms with E-state index in [4.69, 9.17) is 14.2 Å². The number of allylic oxidation sites excluding steroid dienone is 4. The minimum Gasteiger partial charge on any atom is -0.490 e. The van der Waals surface area contributed by atoms with E-state index in [1.165, 1.54) is 0 Å². The zero-order valence-corrected chi connectivity index (χ0v) is 29.8. The Kier molecular flexibility index (Phi) is 10.0. The molecule has 1 heterocycles. The van der Waals surface area contributed by atoms with Gasteiger partial charge in [0.1, 0.15) is 6.61 Å². The molecule has 0 amide bonds. The van der Waals surface area contributed by atoms with E-state index in [0.29, 0.717) is 44.1 Å². The molecule has 0 unspecified atom stereocenters. The number of halogens is 1. The van der Waals surface area contributed by atoms with E-state index in [9.17, 15) is 19.5 Å². The molecule has 0 atom stereocenters. The number of rotatable bonds is 11. The number of aromatic carboxylic acids is 1. The molecule has 0 bridgehead atoms. The lowest BCUT2D eigenvalue weighted by Gasteiger charge is -2.49. The number of nitrogens with zero attached hydrogens (tertiary/aromatic N) is 1. The molecule has 0 spiro atoms. The first kappa shape index (κ1) is 34.2. The van der Waals surface area contributed by atoms with Gasteiger partial charge in [0.05, 0.1) is 15.7 Å². The summed E-state index contributed by atoms with van der Waals surface area (Å²) in [5.74, 6) is -0.160. The van der Waals surface area contributed by atoms with Crippen molar-refractivity contribution in [1.82, 2.24) is 4.90 Å². The fraction of sp³-hybridized carbons (Fsp3) is 0.486. The highest BCUT2D eigenvalue weighted by atomic mass is 127. The quantitative estimate of drug-likeness (QED) is 0.185. The van der Waals surface area contributed by atoms with Gasteiger partial charge in [0, 0.05) is 61.6 Å². The molecule has 0 saturated heterocycles. The van der Waals surface area contributed by atoms with Gasteiger partial charge >= 0.3 is 5.97 Å². The van der Waals surface area contributed by atoms with E-state index < -0.39 is 11.9 Å². The second kappa shape index (κ2) is 13.5. The number of carboxylic acid groups (broad SMARTS) is 1. The zero-order valence-electron chi connectivity index (χ0n) is 27.6. The van der Waals surface area contributed by atoms with Crippen LogP contribution in [-0.4, -0.2) is 54.4 Å². The van der Waals surface area contributed by atoms with Crippen LogP contribution in [0.15, 0.2) is 58.9 Å². The number of ketones is 2. The summed E-state index contributed by atoms with van der Waals surface area (Å²) < 4.78 is 18.6. The molecule has 1 N–H and O–H groups in total. The fourth-order valence-electron chi connectivity index (χ4n) is 7.07. The van der Waals surface area contributed by atoms with Crippen LogP contribution in [0, 0.1) is 14.4 Å². The van der Waals surface area contributed by atoms with Gasteiger partial charge in [-0.15, -0.1) is 0 Å². The Hall–Kier alpha value is -3.18. The van der Waals surface area contributed by atoms with Crippen molar-refractivity contribution in [2.75, 3.05) is 26.9 Å². The summed E-state index contributed by atoms with van der Waals surface area (Å²) in [7, 11) is 1.70. The molecule has 0 fully saturated rings. The smallest absolute Gasteiger partial charge is 0.335 e. The molecule has 5 rings (SSSR count). The molecule has 2 aliphatic carbocycles. The maximum Gasteiger partial charge on any atom is 0.335 e. The maximum atomic E-state index is 14.2. The Bertz CT molecular complexity index is 1550. The number of ether oxygens (including phenoxy) is 3. The predicted octanol–water partition coefficient (Wildman–Crippen LogP) is 7.69. The van der Waals surface area contributed by atoms with E-state index in [0.717, 1.165) is 56.5 Å². The lowest BCUT2D eigenvalue weighted by atomic mass is 9.63. The summed E-state index contributed by atoms with van der Waals surface area (Å²) in [6.45, 7) is 12.4. The van der Waals surface area contributed by atoms with E-state index in [1.54, 1.807) is 31.4 Å². The standard InChI is InChI=1S/C37H44INO7/c1-7-45-30-16-24(15-25(38)34(30)46-21-22-9-11-23(12-10-22)35(42)43)31-32-26(17-36(2,3)19-28(32)40)39(13-8-14-44-6)27-18-37(4,5)20-29(41)33(27)31/h9-12,15-16,31H,7-8,13-14,17-21H2,1-6H3,(H,42,43). The summed E-state index contributed by atoms with van der Waals surface area (Å²) in [4.78, 5) is 41.9. The monoisotopic (exact) mass is 741 g/mol. The fourth-order valence-corrected chi connectivity index (χ4v) is 7.86. The Balaban J connectivity index is 1.62. The molecule has 246 valence electrons. The SMILES string of the molecule is CCOc1cc(C2C3=C(CC(C)(C)CC3=O)N(CCCOC)C3=C2C(=O)CC(C)(C)C3)cc(I)c1OCc1ccc(C(=O)O)cc1. The molecule has 2 aromatic carbocycles. The van der Waals surface area contributed by atoms with Crippen molar-refractivity contribution < 1.29 is 33.7 Å². The number of Topliss-reactive ketones (excluding diaryl/α,β-unsaturated/α-hetero) is 2. The van der Waals surface area contributed by atoms with Crippen LogP contribution in [0.2, 0.25) is 0 Å². The largest absolute Gasteiger partial charge is 0.490 e. The number of methoxy groups -OCH3 is 1. The van der Waals surface area contributed by atoms with Crippen molar-refractivity contribution in [2.45, 2.75) is 79.2 Å². The highest BCUT2D eigenvalue weighted by Gasteiger charge is 2.49. The zero-order chi connectivity index (χ0) is 33.4. The molecule has 3 aliphatic rings. The average molecular weight is 742 g/mol. The van der Waals surface area contributed by atoms with Crippen LogP contribution in [0.1, 0.15) is 94.1 Å². The van der Waals surface area contributed by atoms with E-state index in [-0.39, 0.29) is 34.6 Å². The molecule has 46 heavy (non-hydrogen) atoms. The summed E-state index contributed by atoms with van der Waals surface area (Å²) in [6, 6.07) is 10.5. The number of carboxylic acids is 1. The van der Waals surface area contributed by atoms with Gasteiger partial charge in [-0.1, -0.05) is 39.8 Å². The lowest BCUT2D eigenvalue weighted by molar-refractivity contribution is -0.119. The molecule has 2 aromatic rings. The number of carbonyl (C=O) groups is 3. The first-order valence-electron chi connectivity index (χ1n) is 16.0. The summed E-state index contributed by atoms with van der Waals surface area (Å²) >= 11 is 2.24. The Morgan fingerprint density at radius 3 is 2.04 bits per heavy atom. The highest BCUT2D eigenvalue weighted by molar-refractivity contribution is 14.1. The summed E-state index contributed by atoms with van der Waals surface area (Å²) in [6.07, 6.45) is 3.14. The molecule has 0 saturated carbocycles. The van der Waals surface area contributed by atoms with Crippen molar-refractivity contribution in [1.29, 1.82) is 0 Å². The van der Waals surface area contributed by atoms with Gasteiger partial charge < -0.3 is 24.2 Å². The minimum atomic E-state index is -0.978. The van der Waals surface area contributed by atoms with Crippen LogP contribution in [0.3, 0.4) is 0 Å². The van der Waals surface area contributed by atoms with E-state index in [2.05, 4.69) is 55.2 Å². The van der Waals surface area contributed by atoms with E-state index >= 15 is 0 Å². The predicted molar refractivity (Wildman–Crippen MR) is 184 cm³/mol. The van der Waals surface area contributed by atoms with Crippen LogP contribution < -0.4 is 9.47 Å². The van der Waals surface area contributed by atoms with Gasteiger partial charge in [-0.25, -0.2) is 4.79 Å². The Labute approximate surface area is 285 Å². The molecule has 0 aromatic heterocycles. The van der Waals surface area contributed by atoms with E-state index in [1.807, 2.05) is 19.1 Å². The molecule has 0 radical (unpaired) electrons. The van der Waals surface area contributed by atoms with Gasteiger partial charge in [-0.2, -0.15) is 0 Å². The van der Waals surface area contributed by atoms with Gasteiger partial charge in [-0.3, -0.25) is 9.59 Å². The summed E-state index contributed by atoms with van der Waals surface area (Å²) in [5.41, 5.74) is 5.02. The molecular weight excluding hydrogens is 697 g/mol. The molecule has 9 heteroatoms. The first-order valence-corrected chi connectivity index (χ1v) is 17.0. The number of hydrogen-bond acceptors (Lipinski definition) is 7. The molecular formula is C37H44INO7. The third kappa shape index (κ3) is 7.05. The van der Waals surface area contributed by atoms with Crippen LogP contribution in [0.5, 0.6) is 11.5 Å². The van der Waals surface area contributed by atoms with Crippen molar-refractivity contribution >= 4 is 40.1 Å². The topological polar surface area (TPSA) is 102 Å². The minimum absolute atomic E-state index is 0.0928. The Morgan fingerprint density at radius 2 is 1.52 bits per heavy atom. The maximum absolute atomic E-state index is 14.2. The highest BCUT2D eigenvalue weighted by Crippen LogP contribution is 2.55. The van der Waals surface area contributed by atoms with Crippen LogP contribution in [0.4, 0.5) is 0 Å². The van der Waals surface area contributed by atoms with Crippen molar-refractivity contribution in [3.8, 4) is 11.5 Å². The van der Waals surface area contributed by atoms with Crippen LogP contribution in [0.25, 0.3) is 0 Å². The van der Waals surface area contributed by atoms with Crippen molar-refractivity contribution in [3.63, 3.8) is 0 Å². The van der Waals surface area contributed by atoms with Crippen LogP contribution >= 0.6 is 22.6 Å². The third-order valence-electron chi connectivity index (χ3n) is 9.00. The van der Waals surface area contributed by atoms with Gasteiger partial charge in [-0.05, 0) is 95.0 Å². The normalized spacial score (nSPS) is 19.2. The second-order valence-corrected chi connectivity index (χ2v) is 15.2. The first-order chi connectivity index (χ1) is 21.7. The lowest BCUT2D eigenvalue weighted by Crippen LogP contribution is -2.44. The number of carbonyl (C=O) groups excluding carboxylic acids is 2. The van der Waals surface area contributed by atoms with Crippen molar-refractivity contribution in [3.05, 3.63) is 79.2 Å². The van der Waals surface area contributed by atoms with Crippen molar-refractivity contribution in [2.24, 2.45) is 10.8 Å². The van der Waals surface area contributed by atoms with Crippen LogP contribution in [-0.2, 0) is 20.9 Å². The van der Waals surface area contributed by atoms with Gasteiger partial charge in [0.25, 0.3) is 0 Å². The average Bonchev–Trinajstić information content (AvgIpc) is 2.96.